The highest BCUT2D eigenvalue weighted by Crippen LogP contribution is 2.29. The van der Waals surface area contributed by atoms with Gasteiger partial charge in [-0.15, -0.1) is 0 Å². The van der Waals surface area contributed by atoms with Crippen molar-refractivity contribution in [2.45, 2.75) is 36.5 Å². The first-order valence-corrected chi connectivity index (χ1v) is 7.33. The smallest absolute Gasteiger partial charge is 0.172 e. The van der Waals surface area contributed by atoms with Gasteiger partial charge in [0.1, 0.15) is 6.07 Å². The molecule has 0 aliphatic rings. The number of hydrogen-bond acceptors (Lipinski definition) is 4. The minimum absolute atomic E-state index is 0.433. The van der Waals surface area contributed by atoms with Gasteiger partial charge >= 0.3 is 0 Å². The van der Waals surface area contributed by atoms with Gasteiger partial charge in [0.2, 0.25) is 0 Å². The van der Waals surface area contributed by atoms with E-state index in [4.69, 9.17) is 0 Å². The Morgan fingerprint density at radius 3 is 2.85 bits per heavy atom. The van der Waals surface area contributed by atoms with Crippen molar-refractivity contribution in [3.8, 4) is 6.07 Å². The molecule has 0 saturated carbocycles. The number of benzene rings is 1. The van der Waals surface area contributed by atoms with Crippen LogP contribution in [-0.4, -0.2) is 15.6 Å². The van der Waals surface area contributed by atoms with Crippen LogP contribution in [0.4, 0.5) is 0 Å². The zero-order valence-electron chi connectivity index (χ0n) is 11.9. The minimum Gasteiger partial charge on any atom is -0.329 e. The molecular weight excluding hydrogens is 268 g/mol. The van der Waals surface area contributed by atoms with E-state index in [1.165, 1.54) is 11.8 Å². The van der Waals surface area contributed by atoms with E-state index in [0.717, 1.165) is 22.2 Å². The fourth-order valence-electron chi connectivity index (χ4n) is 1.73. The van der Waals surface area contributed by atoms with Gasteiger partial charge in [-0.1, -0.05) is 31.7 Å². The van der Waals surface area contributed by atoms with Gasteiger partial charge in [-0.2, -0.15) is 5.26 Å². The standard InChI is InChI=1S/C15H18N4S/c1-11(2)18-10-12-4-5-14(13(8-12)9-16)20-15-17-6-7-19(15)3/h4-8,11,18H,10H2,1-3H3. The number of aromatic nitrogens is 2. The van der Waals surface area contributed by atoms with Crippen LogP contribution in [-0.2, 0) is 13.6 Å². The highest BCUT2D eigenvalue weighted by Gasteiger charge is 2.08. The molecular formula is C15H18N4S. The predicted molar refractivity (Wildman–Crippen MR) is 80.5 cm³/mol. The fraction of sp³-hybridized carbons (Fsp3) is 0.333. The Bertz CT molecular complexity index is 625. The number of nitriles is 1. The molecule has 20 heavy (non-hydrogen) atoms. The molecule has 2 aromatic rings. The van der Waals surface area contributed by atoms with E-state index < -0.39 is 0 Å². The minimum atomic E-state index is 0.433. The lowest BCUT2D eigenvalue weighted by Crippen LogP contribution is -2.21. The maximum absolute atomic E-state index is 9.31. The highest BCUT2D eigenvalue weighted by molar-refractivity contribution is 7.99. The predicted octanol–water partition coefficient (Wildman–Crippen LogP) is 2.94. The van der Waals surface area contributed by atoms with Gasteiger partial charge in [-0.05, 0) is 17.7 Å². The lowest BCUT2D eigenvalue weighted by molar-refractivity contribution is 0.588. The van der Waals surface area contributed by atoms with Crippen LogP contribution in [0.2, 0.25) is 0 Å². The van der Waals surface area contributed by atoms with Crippen LogP contribution < -0.4 is 5.32 Å². The summed E-state index contributed by atoms with van der Waals surface area (Å²) in [7, 11) is 1.95. The molecule has 0 radical (unpaired) electrons. The van der Waals surface area contributed by atoms with Crippen LogP contribution in [0.15, 0.2) is 40.6 Å². The maximum atomic E-state index is 9.31. The molecule has 4 nitrogen and oxygen atoms in total. The molecule has 1 aromatic carbocycles. The Hall–Kier alpha value is -1.77. The Kier molecular flexibility index (Phi) is 4.83. The molecule has 0 spiro atoms. The topological polar surface area (TPSA) is 53.6 Å². The molecule has 0 amide bonds. The van der Waals surface area contributed by atoms with Gasteiger partial charge in [0, 0.05) is 36.9 Å². The number of aryl methyl sites for hydroxylation is 1. The second-order valence-corrected chi connectivity index (χ2v) is 5.91. The second kappa shape index (κ2) is 6.60. The summed E-state index contributed by atoms with van der Waals surface area (Å²) in [5, 5.41) is 13.5. The average molecular weight is 286 g/mol. The molecule has 0 aliphatic carbocycles. The van der Waals surface area contributed by atoms with E-state index in [0.29, 0.717) is 11.6 Å². The third kappa shape index (κ3) is 3.62. The van der Waals surface area contributed by atoms with Crippen LogP contribution in [0.25, 0.3) is 0 Å². The molecule has 1 aromatic heterocycles. The summed E-state index contributed by atoms with van der Waals surface area (Å²) in [6.07, 6.45) is 3.66. The van der Waals surface area contributed by atoms with Crippen LogP contribution in [0.5, 0.6) is 0 Å². The Balaban J connectivity index is 2.18. The first kappa shape index (κ1) is 14.6. The van der Waals surface area contributed by atoms with Gasteiger partial charge in [0.25, 0.3) is 0 Å². The number of imidazole rings is 1. The van der Waals surface area contributed by atoms with Gasteiger partial charge in [-0.3, -0.25) is 0 Å². The Labute approximate surface area is 123 Å². The summed E-state index contributed by atoms with van der Waals surface area (Å²) in [5.74, 6) is 0. The SMILES string of the molecule is CC(C)NCc1ccc(Sc2nccn2C)c(C#N)c1. The van der Waals surface area contributed by atoms with E-state index in [9.17, 15) is 5.26 Å². The highest BCUT2D eigenvalue weighted by atomic mass is 32.2. The monoisotopic (exact) mass is 286 g/mol. The number of nitrogens with one attached hydrogen (secondary N) is 1. The van der Waals surface area contributed by atoms with Crippen molar-refractivity contribution in [3.05, 3.63) is 41.7 Å². The Morgan fingerprint density at radius 1 is 1.45 bits per heavy atom. The summed E-state index contributed by atoms with van der Waals surface area (Å²) in [4.78, 5) is 5.21. The van der Waals surface area contributed by atoms with Gasteiger partial charge in [0.05, 0.1) is 5.56 Å². The van der Waals surface area contributed by atoms with Gasteiger partial charge in [-0.25, -0.2) is 4.98 Å². The molecule has 0 fully saturated rings. The molecule has 1 N–H and O–H groups in total. The van der Waals surface area contributed by atoms with Crippen LogP contribution in [0.1, 0.15) is 25.0 Å². The van der Waals surface area contributed by atoms with E-state index in [-0.39, 0.29) is 0 Å². The molecule has 0 unspecified atom stereocenters. The molecule has 104 valence electrons. The van der Waals surface area contributed by atoms with Crippen molar-refractivity contribution in [1.82, 2.24) is 14.9 Å². The van der Waals surface area contributed by atoms with E-state index >= 15 is 0 Å². The summed E-state index contributed by atoms with van der Waals surface area (Å²) >= 11 is 1.51. The Morgan fingerprint density at radius 2 is 2.25 bits per heavy atom. The van der Waals surface area contributed by atoms with E-state index in [1.807, 2.05) is 29.9 Å². The average Bonchev–Trinajstić information content (AvgIpc) is 2.83. The third-order valence-electron chi connectivity index (χ3n) is 2.86. The largest absolute Gasteiger partial charge is 0.329 e. The van der Waals surface area contributed by atoms with Crippen molar-refractivity contribution in [2.24, 2.45) is 7.05 Å². The van der Waals surface area contributed by atoms with Crippen molar-refractivity contribution in [3.63, 3.8) is 0 Å². The molecule has 0 aliphatic heterocycles. The van der Waals surface area contributed by atoms with Crippen molar-refractivity contribution in [1.29, 1.82) is 5.26 Å². The van der Waals surface area contributed by atoms with E-state index in [1.54, 1.807) is 6.20 Å². The fourth-order valence-corrected chi connectivity index (χ4v) is 2.60. The number of hydrogen-bond donors (Lipinski definition) is 1. The molecule has 5 heteroatoms. The van der Waals surface area contributed by atoms with Crippen molar-refractivity contribution >= 4 is 11.8 Å². The van der Waals surface area contributed by atoms with E-state index in [2.05, 4.69) is 36.3 Å². The van der Waals surface area contributed by atoms with Crippen LogP contribution >= 0.6 is 11.8 Å². The maximum Gasteiger partial charge on any atom is 0.172 e. The van der Waals surface area contributed by atoms with Gasteiger partial charge in [0.15, 0.2) is 5.16 Å². The molecule has 0 atom stereocenters. The first-order chi connectivity index (χ1) is 9.60. The normalized spacial score (nSPS) is 10.8. The molecule has 0 bridgehead atoms. The summed E-state index contributed by atoms with van der Waals surface area (Å²) < 4.78 is 1.94. The lowest BCUT2D eigenvalue weighted by Gasteiger charge is -2.10. The third-order valence-corrected chi connectivity index (χ3v) is 4.01. The quantitative estimate of drug-likeness (QED) is 0.918. The number of rotatable bonds is 5. The van der Waals surface area contributed by atoms with Crippen molar-refractivity contribution in [2.75, 3.05) is 0 Å². The number of nitrogens with zero attached hydrogens (tertiary/aromatic N) is 3. The zero-order chi connectivity index (χ0) is 14.5. The summed E-state index contributed by atoms with van der Waals surface area (Å²) in [5.41, 5.74) is 1.82. The first-order valence-electron chi connectivity index (χ1n) is 6.51. The molecule has 1 heterocycles. The summed E-state index contributed by atoms with van der Waals surface area (Å²) in [6.45, 7) is 4.99. The summed E-state index contributed by atoms with van der Waals surface area (Å²) in [6, 6.07) is 8.70. The van der Waals surface area contributed by atoms with Crippen molar-refractivity contribution < 1.29 is 0 Å². The van der Waals surface area contributed by atoms with Gasteiger partial charge < -0.3 is 9.88 Å². The lowest BCUT2D eigenvalue weighted by atomic mass is 10.1. The van der Waals surface area contributed by atoms with Crippen LogP contribution in [0, 0.1) is 11.3 Å². The second-order valence-electron chi connectivity index (χ2n) is 4.90. The zero-order valence-corrected chi connectivity index (χ0v) is 12.7. The molecule has 0 saturated heterocycles. The molecule has 2 rings (SSSR count). The van der Waals surface area contributed by atoms with Crippen LogP contribution in [0.3, 0.4) is 0 Å².